The summed E-state index contributed by atoms with van der Waals surface area (Å²) in [5.74, 6) is 0.418. The number of quaternary nitrogens is 1. The fraction of sp³-hybridized carbons (Fsp3) is 0.316. The van der Waals surface area contributed by atoms with E-state index in [0.717, 1.165) is 32.8 Å². The van der Waals surface area contributed by atoms with Crippen molar-refractivity contribution in [3.63, 3.8) is 0 Å². The molecular weight excluding hydrogens is 340 g/mol. The monoisotopic (exact) mass is 361 g/mol. The lowest BCUT2D eigenvalue weighted by Gasteiger charge is -2.23. The van der Waals surface area contributed by atoms with Gasteiger partial charge >= 0.3 is 0 Å². The summed E-state index contributed by atoms with van der Waals surface area (Å²) in [6, 6.07) is 12.9. The highest BCUT2D eigenvalue weighted by Crippen LogP contribution is 2.27. The summed E-state index contributed by atoms with van der Waals surface area (Å²) in [5, 5.41) is 3.31. The minimum Gasteiger partial charge on any atom is -0.495 e. The molecule has 0 saturated carbocycles. The third-order valence-corrected chi connectivity index (χ3v) is 4.58. The van der Waals surface area contributed by atoms with Gasteiger partial charge in [-0.25, -0.2) is 0 Å². The van der Waals surface area contributed by atoms with Gasteiger partial charge in [-0.15, -0.1) is 0 Å². The second-order valence-electron chi connectivity index (χ2n) is 6.04. The van der Waals surface area contributed by atoms with Gasteiger partial charge in [0.25, 0.3) is 5.91 Å². The number of carbonyl (C=O) groups excluding carboxylic acids is 1. The Kier molecular flexibility index (Phi) is 5.91. The van der Waals surface area contributed by atoms with Crippen molar-refractivity contribution in [2.24, 2.45) is 0 Å². The number of benzene rings is 2. The second-order valence-corrected chi connectivity index (χ2v) is 6.45. The minimum atomic E-state index is -0.161. The van der Waals surface area contributed by atoms with Crippen LogP contribution in [0.3, 0.4) is 0 Å². The standard InChI is InChI=1S/C19H21ClN2O3/c1-24-18-7-6-16(12-17(18)20)21-19(23)15-4-2-14(3-5-15)13-22-8-10-25-11-9-22/h2-7,12H,8-11,13H2,1H3,(H,21,23)/p+1. The molecule has 2 aromatic carbocycles. The van der Waals surface area contributed by atoms with Crippen LogP contribution in [-0.2, 0) is 11.3 Å². The Hall–Kier alpha value is -2.08. The van der Waals surface area contributed by atoms with Gasteiger partial charge in [-0.3, -0.25) is 4.79 Å². The maximum absolute atomic E-state index is 12.4. The number of halogens is 1. The van der Waals surface area contributed by atoms with Gasteiger partial charge in [0.2, 0.25) is 0 Å². The molecule has 0 aliphatic carbocycles. The molecule has 0 unspecified atom stereocenters. The van der Waals surface area contributed by atoms with E-state index in [1.165, 1.54) is 10.5 Å². The first-order chi connectivity index (χ1) is 12.2. The van der Waals surface area contributed by atoms with E-state index in [4.69, 9.17) is 21.1 Å². The number of nitrogens with one attached hydrogen (secondary N) is 2. The molecule has 0 spiro atoms. The van der Waals surface area contributed by atoms with Crippen LogP contribution in [0.1, 0.15) is 15.9 Å². The van der Waals surface area contributed by atoms with E-state index < -0.39 is 0 Å². The van der Waals surface area contributed by atoms with Crippen LogP contribution in [-0.4, -0.2) is 39.3 Å². The van der Waals surface area contributed by atoms with Crippen molar-refractivity contribution >= 4 is 23.2 Å². The third-order valence-electron chi connectivity index (χ3n) is 4.28. The molecule has 1 aliphatic rings. The Labute approximate surface area is 152 Å². The molecule has 132 valence electrons. The fourth-order valence-corrected chi connectivity index (χ4v) is 3.10. The van der Waals surface area contributed by atoms with Crippen LogP contribution in [0.4, 0.5) is 5.69 Å². The van der Waals surface area contributed by atoms with Crippen molar-refractivity contribution in [1.82, 2.24) is 0 Å². The molecule has 5 nitrogen and oxygen atoms in total. The molecule has 25 heavy (non-hydrogen) atoms. The average Bonchev–Trinajstić information content (AvgIpc) is 2.63. The van der Waals surface area contributed by atoms with Gasteiger partial charge in [-0.1, -0.05) is 23.7 Å². The Morgan fingerprint density at radius 1 is 1.20 bits per heavy atom. The fourth-order valence-electron chi connectivity index (χ4n) is 2.85. The largest absolute Gasteiger partial charge is 0.495 e. The lowest BCUT2D eigenvalue weighted by molar-refractivity contribution is -0.921. The van der Waals surface area contributed by atoms with Gasteiger partial charge in [0.05, 0.1) is 25.3 Å². The summed E-state index contributed by atoms with van der Waals surface area (Å²) in [5.41, 5.74) is 2.48. The van der Waals surface area contributed by atoms with E-state index in [-0.39, 0.29) is 5.91 Å². The number of carbonyl (C=O) groups is 1. The zero-order valence-electron chi connectivity index (χ0n) is 14.2. The van der Waals surface area contributed by atoms with E-state index in [1.807, 2.05) is 24.3 Å². The zero-order chi connectivity index (χ0) is 17.6. The van der Waals surface area contributed by atoms with Crippen molar-refractivity contribution in [3.05, 3.63) is 58.6 Å². The smallest absolute Gasteiger partial charge is 0.255 e. The van der Waals surface area contributed by atoms with Gasteiger partial charge in [-0.2, -0.15) is 0 Å². The van der Waals surface area contributed by atoms with Crippen LogP contribution < -0.4 is 15.0 Å². The molecule has 3 rings (SSSR count). The van der Waals surface area contributed by atoms with Crippen LogP contribution in [0, 0.1) is 0 Å². The molecule has 6 heteroatoms. The Morgan fingerprint density at radius 3 is 2.56 bits per heavy atom. The van der Waals surface area contributed by atoms with E-state index in [1.54, 1.807) is 25.3 Å². The third kappa shape index (κ3) is 4.72. The molecule has 1 heterocycles. The summed E-state index contributed by atoms with van der Waals surface area (Å²) in [6.07, 6.45) is 0. The van der Waals surface area contributed by atoms with E-state index >= 15 is 0 Å². The molecule has 0 radical (unpaired) electrons. The van der Waals surface area contributed by atoms with Crippen molar-refractivity contribution in [1.29, 1.82) is 0 Å². The highest BCUT2D eigenvalue weighted by molar-refractivity contribution is 6.32. The number of methoxy groups -OCH3 is 1. The Bertz CT molecular complexity index is 728. The molecule has 1 saturated heterocycles. The minimum absolute atomic E-state index is 0.161. The topological polar surface area (TPSA) is 52.0 Å². The number of rotatable bonds is 5. The van der Waals surface area contributed by atoms with Gasteiger partial charge in [-0.05, 0) is 30.3 Å². The maximum Gasteiger partial charge on any atom is 0.255 e. The van der Waals surface area contributed by atoms with Crippen LogP contribution in [0.5, 0.6) is 5.75 Å². The number of anilines is 1. The van der Waals surface area contributed by atoms with Crippen LogP contribution in [0.25, 0.3) is 0 Å². The van der Waals surface area contributed by atoms with Crippen molar-refractivity contribution in [3.8, 4) is 5.75 Å². The second kappa shape index (κ2) is 8.34. The highest BCUT2D eigenvalue weighted by atomic mass is 35.5. The predicted octanol–water partition coefficient (Wildman–Crippen LogP) is 2.02. The molecule has 0 bridgehead atoms. The van der Waals surface area contributed by atoms with E-state index in [2.05, 4.69) is 5.32 Å². The van der Waals surface area contributed by atoms with E-state index in [0.29, 0.717) is 22.0 Å². The molecule has 1 aliphatic heterocycles. The van der Waals surface area contributed by atoms with Crippen LogP contribution in [0.15, 0.2) is 42.5 Å². The predicted molar refractivity (Wildman–Crippen MR) is 97.6 cm³/mol. The van der Waals surface area contributed by atoms with Gasteiger partial charge in [0.15, 0.2) is 0 Å². The quantitative estimate of drug-likeness (QED) is 0.856. The van der Waals surface area contributed by atoms with Crippen molar-refractivity contribution in [2.75, 3.05) is 38.7 Å². The molecule has 1 amide bonds. The number of ether oxygens (including phenoxy) is 2. The number of amides is 1. The molecule has 1 fully saturated rings. The highest BCUT2D eigenvalue weighted by Gasteiger charge is 2.14. The van der Waals surface area contributed by atoms with Crippen LogP contribution >= 0.6 is 11.6 Å². The maximum atomic E-state index is 12.4. The zero-order valence-corrected chi connectivity index (χ0v) is 14.9. The first kappa shape index (κ1) is 17.7. The van der Waals surface area contributed by atoms with E-state index in [9.17, 15) is 4.79 Å². The lowest BCUT2D eigenvalue weighted by atomic mass is 10.1. The summed E-state index contributed by atoms with van der Waals surface area (Å²) < 4.78 is 10.5. The summed E-state index contributed by atoms with van der Waals surface area (Å²) in [7, 11) is 1.56. The Morgan fingerprint density at radius 2 is 1.92 bits per heavy atom. The van der Waals surface area contributed by atoms with Gasteiger partial charge < -0.3 is 19.7 Å². The SMILES string of the molecule is COc1ccc(NC(=O)c2ccc(C[NH+]3CCOCC3)cc2)cc1Cl. The van der Waals surface area contributed by atoms with Gasteiger partial charge in [0, 0.05) is 16.8 Å². The lowest BCUT2D eigenvalue weighted by Crippen LogP contribution is -3.12. The first-order valence-corrected chi connectivity index (χ1v) is 8.68. The molecule has 2 N–H and O–H groups in total. The number of hydrogen-bond acceptors (Lipinski definition) is 3. The van der Waals surface area contributed by atoms with Crippen LogP contribution in [0.2, 0.25) is 5.02 Å². The Balaban J connectivity index is 1.61. The molecule has 0 atom stereocenters. The number of hydrogen-bond donors (Lipinski definition) is 2. The summed E-state index contributed by atoms with van der Waals surface area (Å²) in [6.45, 7) is 4.65. The van der Waals surface area contributed by atoms with Crippen molar-refractivity contribution < 1.29 is 19.2 Å². The average molecular weight is 362 g/mol. The summed E-state index contributed by atoms with van der Waals surface area (Å²) >= 11 is 6.08. The molecule has 2 aromatic rings. The number of morpholine rings is 1. The normalized spacial score (nSPS) is 15.0. The molecular formula is C19H22ClN2O3+. The van der Waals surface area contributed by atoms with Crippen molar-refractivity contribution in [2.45, 2.75) is 6.54 Å². The van der Waals surface area contributed by atoms with Gasteiger partial charge in [0.1, 0.15) is 25.4 Å². The molecule has 0 aromatic heterocycles. The summed E-state index contributed by atoms with van der Waals surface area (Å²) in [4.78, 5) is 13.9. The first-order valence-electron chi connectivity index (χ1n) is 8.31.